The number of rotatable bonds is 0. The van der Waals surface area contributed by atoms with Gasteiger partial charge in [-0.1, -0.05) is 15.9 Å². The van der Waals surface area contributed by atoms with Crippen molar-refractivity contribution in [2.45, 2.75) is 0 Å². The first-order chi connectivity index (χ1) is 1.91. The van der Waals surface area contributed by atoms with Crippen LogP contribution in [0.1, 0.15) is 0 Å². The van der Waals surface area contributed by atoms with Crippen LogP contribution in [0.5, 0.6) is 0 Å². The molecule has 0 aliphatic rings. The van der Waals surface area contributed by atoms with Gasteiger partial charge in [-0.2, -0.15) is 0 Å². The lowest BCUT2D eigenvalue weighted by Crippen LogP contribution is -1.16. The van der Waals surface area contributed by atoms with Crippen molar-refractivity contribution in [3.63, 3.8) is 0 Å². The Morgan fingerprint density at radius 1 is 2.00 bits per heavy atom. The smallest absolute Gasteiger partial charge is 0.166 e. The monoisotopic (exact) mass is 123 g/mol. The molecule has 2 heteroatoms. The van der Waals surface area contributed by atoms with Crippen molar-refractivity contribution in [2.75, 3.05) is 0 Å². The standard InChI is InChI=1S/C2HBrF/c3-1-2-4/h1H. The molecule has 0 saturated heterocycles. The number of hydrogen-bond acceptors (Lipinski definition) is 0. The minimum atomic E-state index is 1.02. The molecule has 0 saturated carbocycles. The Labute approximate surface area is 32.4 Å². The summed E-state index contributed by atoms with van der Waals surface area (Å²) in [6.07, 6.45) is 1.22. The number of hydrogen-bond donors (Lipinski definition) is 0. The van der Waals surface area contributed by atoms with Crippen LogP contribution in [0.2, 0.25) is 0 Å². The highest BCUT2D eigenvalue weighted by atomic mass is 79.9. The van der Waals surface area contributed by atoms with Gasteiger partial charge in [-0.05, 0) is 0 Å². The van der Waals surface area contributed by atoms with E-state index in [1.807, 2.05) is 0 Å². The van der Waals surface area contributed by atoms with Crippen LogP contribution in [0, 0.1) is 6.33 Å². The van der Waals surface area contributed by atoms with Crippen LogP contribution in [0.15, 0.2) is 4.99 Å². The minimum Gasteiger partial charge on any atom is -0.203 e. The van der Waals surface area contributed by atoms with Gasteiger partial charge in [-0.15, -0.1) is 0 Å². The summed E-state index contributed by atoms with van der Waals surface area (Å²) in [5.74, 6) is 0. The highest BCUT2D eigenvalue weighted by molar-refractivity contribution is 9.11. The van der Waals surface area contributed by atoms with Crippen molar-refractivity contribution in [3.05, 3.63) is 11.3 Å². The van der Waals surface area contributed by atoms with E-state index in [1.165, 1.54) is 6.33 Å². The Morgan fingerprint density at radius 3 is 2.25 bits per heavy atom. The van der Waals surface area contributed by atoms with Crippen LogP contribution in [0.3, 0.4) is 0 Å². The summed E-state index contributed by atoms with van der Waals surface area (Å²) in [7, 11) is 0. The van der Waals surface area contributed by atoms with Gasteiger partial charge in [-0.25, -0.2) is 4.39 Å². The van der Waals surface area contributed by atoms with Gasteiger partial charge < -0.3 is 0 Å². The van der Waals surface area contributed by atoms with E-state index < -0.39 is 0 Å². The maximum atomic E-state index is 10.4. The second-order valence-electron chi connectivity index (χ2n) is 0.218. The molecule has 0 nitrogen and oxygen atoms in total. The summed E-state index contributed by atoms with van der Waals surface area (Å²) in [5, 5.41) is 0. The molecule has 1 radical (unpaired) electrons. The summed E-state index contributed by atoms with van der Waals surface area (Å²) >= 11 is 2.64. The molecule has 0 atom stereocenters. The first kappa shape index (κ1) is 4.15. The van der Waals surface area contributed by atoms with Gasteiger partial charge in [0.25, 0.3) is 0 Å². The van der Waals surface area contributed by atoms with E-state index in [4.69, 9.17) is 0 Å². The van der Waals surface area contributed by atoms with E-state index in [0.29, 0.717) is 0 Å². The summed E-state index contributed by atoms with van der Waals surface area (Å²) in [5.41, 5.74) is 0. The zero-order valence-corrected chi connectivity index (χ0v) is 3.42. The zero-order chi connectivity index (χ0) is 3.41. The van der Waals surface area contributed by atoms with E-state index in [2.05, 4.69) is 15.9 Å². The maximum Gasteiger partial charge on any atom is 0.166 e. The van der Waals surface area contributed by atoms with Crippen LogP contribution >= 0.6 is 15.9 Å². The van der Waals surface area contributed by atoms with Crippen molar-refractivity contribution in [3.8, 4) is 0 Å². The molecule has 0 spiro atoms. The van der Waals surface area contributed by atoms with E-state index in [-0.39, 0.29) is 0 Å². The molecule has 0 heterocycles. The minimum absolute atomic E-state index is 1.02. The second-order valence-corrected chi connectivity index (χ2v) is 0.676. The molecule has 0 rings (SSSR count). The predicted molar refractivity (Wildman–Crippen MR) is 17.8 cm³/mol. The lowest BCUT2D eigenvalue weighted by Gasteiger charge is -1.40. The molecule has 0 aliphatic carbocycles. The van der Waals surface area contributed by atoms with Gasteiger partial charge >= 0.3 is 0 Å². The average molecular weight is 124 g/mol. The molecule has 0 N–H and O–H groups in total. The Hall–Kier alpha value is 0.150. The van der Waals surface area contributed by atoms with E-state index >= 15 is 0 Å². The quantitative estimate of drug-likeness (QED) is 0.460. The average Bonchev–Trinajstić information content (AvgIpc) is 1.37. The Morgan fingerprint density at radius 2 is 2.25 bits per heavy atom. The first-order valence-corrected chi connectivity index (χ1v) is 1.61. The molecule has 0 amide bonds. The lowest BCUT2D eigenvalue weighted by atomic mass is 11.2. The SMILES string of the molecule is F/[C]=C/Br. The molecule has 0 unspecified atom stereocenters. The molecule has 0 aromatic heterocycles. The van der Waals surface area contributed by atoms with Gasteiger partial charge in [0, 0.05) is 4.99 Å². The van der Waals surface area contributed by atoms with E-state index in [0.717, 1.165) is 4.99 Å². The van der Waals surface area contributed by atoms with Crippen molar-refractivity contribution in [1.29, 1.82) is 0 Å². The third kappa shape index (κ3) is 2.15. The highest BCUT2D eigenvalue weighted by Gasteiger charge is 1.44. The third-order valence-electron chi connectivity index (χ3n) is 0.0412. The Kier molecular flexibility index (Phi) is 3.27. The molecular formula is C2HBrF. The normalized spacial score (nSPS) is 9.50. The van der Waals surface area contributed by atoms with Gasteiger partial charge in [-0.3, -0.25) is 0 Å². The fourth-order valence-electron chi connectivity index (χ4n) is 0. The van der Waals surface area contributed by atoms with Gasteiger partial charge in [0.2, 0.25) is 0 Å². The third-order valence-corrected chi connectivity index (χ3v) is 0.214. The molecule has 0 aromatic rings. The summed E-state index contributed by atoms with van der Waals surface area (Å²) in [6, 6.07) is 0. The van der Waals surface area contributed by atoms with Gasteiger partial charge in [0.1, 0.15) is 0 Å². The van der Waals surface area contributed by atoms with Crippen molar-refractivity contribution in [2.24, 2.45) is 0 Å². The highest BCUT2D eigenvalue weighted by Crippen LogP contribution is 1.77. The first-order valence-electron chi connectivity index (χ1n) is 0.696. The molecule has 4 heavy (non-hydrogen) atoms. The zero-order valence-electron chi connectivity index (χ0n) is 1.83. The van der Waals surface area contributed by atoms with Crippen molar-refractivity contribution in [1.82, 2.24) is 0 Å². The van der Waals surface area contributed by atoms with Gasteiger partial charge in [0.05, 0.1) is 0 Å². The largest absolute Gasteiger partial charge is 0.203 e. The van der Waals surface area contributed by atoms with Crippen LogP contribution in [-0.2, 0) is 0 Å². The Bertz CT molecular complexity index is 21.2. The molecule has 23 valence electrons. The molecule has 0 bridgehead atoms. The van der Waals surface area contributed by atoms with E-state index in [1.54, 1.807) is 0 Å². The van der Waals surface area contributed by atoms with Gasteiger partial charge in [0.15, 0.2) is 6.33 Å². The number of halogens is 2. The summed E-state index contributed by atoms with van der Waals surface area (Å²) < 4.78 is 10.4. The fraction of sp³-hybridized carbons (Fsp3) is 0. The van der Waals surface area contributed by atoms with Crippen LogP contribution < -0.4 is 0 Å². The summed E-state index contributed by atoms with van der Waals surface area (Å²) in [4.78, 5) is 1.02. The van der Waals surface area contributed by atoms with Crippen LogP contribution in [0.4, 0.5) is 4.39 Å². The topological polar surface area (TPSA) is 0 Å². The van der Waals surface area contributed by atoms with Crippen molar-refractivity contribution < 1.29 is 4.39 Å². The Balaban J connectivity index is 2.55. The van der Waals surface area contributed by atoms with Crippen LogP contribution in [0.25, 0.3) is 0 Å². The molecule has 0 fully saturated rings. The van der Waals surface area contributed by atoms with Crippen LogP contribution in [-0.4, -0.2) is 0 Å². The fourth-order valence-corrected chi connectivity index (χ4v) is 0. The lowest BCUT2D eigenvalue weighted by molar-refractivity contribution is 0.687. The molecule has 0 aromatic carbocycles. The second kappa shape index (κ2) is 3.15. The van der Waals surface area contributed by atoms with Crippen molar-refractivity contribution >= 4 is 15.9 Å². The molecule has 0 aliphatic heterocycles. The predicted octanol–water partition coefficient (Wildman–Crippen LogP) is 1.63. The summed E-state index contributed by atoms with van der Waals surface area (Å²) in [6.45, 7) is 0. The maximum absolute atomic E-state index is 10.4. The van der Waals surface area contributed by atoms with E-state index in [9.17, 15) is 4.39 Å². The molecular weight excluding hydrogens is 123 g/mol.